The number of nitro groups is 1. The third kappa shape index (κ3) is 5.36. The van der Waals surface area contributed by atoms with Crippen LogP contribution in [0.1, 0.15) is 44.7 Å². The van der Waals surface area contributed by atoms with Crippen molar-refractivity contribution in [2.75, 3.05) is 6.54 Å². The van der Waals surface area contributed by atoms with Gasteiger partial charge in [-0.1, -0.05) is 25.5 Å². The average Bonchev–Trinajstić information content (AvgIpc) is 2.37. The summed E-state index contributed by atoms with van der Waals surface area (Å²) in [5, 5.41) is 23.4. The molecular formula is C14H22N2O3. The van der Waals surface area contributed by atoms with Crippen molar-refractivity contribution in [3.05, 3.63) is 39.9 Å². The fraction of sp³-hybridized carbons (Fsp3) is 0.571. The zero-order valence-corrected chi connectivity index (χ0v) is 11.5. The first-order chi connectivity index (χ1) is 9.04. The van der Waals surface area contributed by atoms with Gasteiger partial charge >= 0.3 is 0 Å². The topological polar surface area (TPSA) is 75.4 Å². The lowest BCUT2D eigenvalue weighted by Crippen LogP contribution is -2.24. The zero-order valence-electron chi connectivity index (χ0n) is 11.5. The van der Waals surface area contributed by atoms with E-state index in [2.05, 4.69) is 12.2 Å². The van der Waals surface area contributed by atoms with Crippen molar-refractivity contribution < 1.29 is 10.0 Å². The molecular weight excluding hydrogens is 244 g/mol. The SMILES string of the molecule is CCCC(NCCC(C)O)c1cccc([N+](=O)[O-])c1. The average molecular weight is 266 g/mol. The minimum absolute atomic E-state index is 0.101. The number of aliphatic hydroxyl groups excluding tert-OH is 1. The Balaban J connectivity index is 2.74. The maximum Gasteiger partial charge on any atom is 0.269 e. The van der Waals surface area contributed by atoms with Crippen LogP contribution in [0.5, 0.6) is 0 Å². The van der Waals surface area contributed by atoms with E-state index in [1.807, 2.05) is 6.07 Å². The molecule has 0 aromatic heterocycles. The van der Waals surface area contributed by atoms with Crippen molar-refractivity contribution in [2.45, 2.75) is 45.3 Å². The fourth-order valence-corrected chi connectivity index (χ4v) is 2.00. The number of hydrogen-bond acceptors (Lipinski definition) is 4. The molecule has 0 aliphatic carbocycles. The Morgan fingerprint density at radius 2 is 2.16 bits per heavy atom. The largest absolute Gasteiger partial charge is 0.393 e. The van der Waals surface area contributed by atoms with E-state index in [1.54, 1.807) is 19.1 Å². The molecule has 2 atom stereocenters. The number of nitrogens with one attached hydrogen (secondary N) is 1. The van der Waals surface area contributed by atoms with Gasteiger partial charge in [0.05, 0.1) is 11.0 Å². The van der Waals surface area contributed by atoms with Gasteiger partial charge in [0.2, 0.25) is 0 Å². The molecule has 2 unspecified atom stereocenters. The van der Waals surface area contributed by atoms with Crippen molar-refractivity contribution >= 4 is 5.69 Å². The number of nitro benzene ring substituents is 1. The summed E-state index contributed by atoms with van der Waals surface area (Å²) in [5.41, 5.74) is 1.05. The molecule has 0 aliphatic rings. The van der Waals surface area contributed by atoms with Crippen LogP contribution in [0.4, 0.5) is 5.69 Å². The molecule has 5 nitrogen and oxygen atoms in total. The molecule has 0 radical (unpaired) electrons. The third-order valence-corrected chi connectivity index (χ3v) is 3.01. The van der Waals surface area contributed by atoms with E-state index in [0.29, 0.717) is 13.0 Å². The normalized spacial score (nSPS) is 14.1. The molecule has 2 N–H and O–H groups in total. The summed E-state index contributed by atoms with van der Waals surface area (Å²) in [4.78, 5) is 10.4. The Bertz CT molecular complexity index is 407. The Morgan fingerprint density at radius 1 is 1.42 bits per heavy atom. The first-order valence-corrected chi connectivity index (χ1v) is 6.70. The van der Waals surface area contributed by atoms with Crippen molar-refractivity contribution in [1.82, 2.24) is 5.32 Å². The Morgan fingerprint density at radius 3 is 2.74 bits per heavy atom. The molecule has 5 heteroatoms. The molecule has 0 bridgehead atoms. The first-order valence-electron chi connectivity index (χ1n) is 6.70. The summed E-state index contributed by atoms with van der Waals surface area (Å²) in [6, 6.07) is 6.84. The quantitative estimate of drug-likeness (QED) is 0.560. The summed E-state index contributed by atoms with van der Waals surface area (Å²) in [5.74, 6) is 0. The third-order valence-electron chi connectivity index (χ3n) is 3.01. The van der Waals surface area contributed by atoms with E-state index >= 15 is 0 Å². The highest BCUT2D eigenvalue weighted by molar-refractivity contribution is 5.35. The monoisotopic (exact) mass is 266 g/mol. The summed E-state index contributed by atoms with van der Waals surface area (Å²) in [7, 11) is 0. The number of rotatable bonds is 8. The second kappa shape index (κ2) is 7.86. The van der Waals surface area contributed by atoms with Crippen LogP contribution < -0.4 is 5.32 Å². The van der Waals surface area contributed by atoms with Gasteiger partial charge < -0.3 is 10.4 Å². The lowest BCUT2D eigenvalue weighted by molar-refractivity contribution is -0.384. The summed E-state index contributed by atoms with van der Waals surface area (Å²) < 4.78 is 0. The molecule has 0 fully saturated rings. The van der Waals surface area contributed by atoms with Crippen LogP contribution in [-0.4, -0.2) is 22.7 Å². The van der Waals surface area contributed by atoms with Crippen LogP contribution in [0.2, 0.25) is 0 Å². The van der Waals surface area contributed by atoms with Gasteiger partial charge in [-0.15, -0.1) is 0 Å². The number of non-ortho nitro benzene ring substituents is 1. The Labute approximate surface area is 113 Å². The molecule has 0 heterocycles. The first kappa shape index (κ1) is 15.6. The van der Waals surface area contributed by atoms with Crippen LogP contribution in [-0.2, 0) is 0 Å². The van der Waals surface area contributed by atoms with Crippen LogP contribution in [0, 0.1) is 10.1 Å². The van der Waals surface area contributed by atoms with Gasteiger partial charge in [-0.25, -0.2) is 0 Å². The van der Waals surface area contributed by atoms with Crippen LogP contribution >= 0.6 is 0 Å². The number of benzene rings is 1. The van der Waals surface area contributed by atoms with Gasteiger partial charge in [0, 0.05) is 18.2 Å². The van der Waals surface area contributed by atoms with Crippen LogP contribution in [0.25, 0.3) is 0 Å². The lowest BCUT2D eigenvalue weighted by Gasteiger charge is -2.19. The van der Waals surface area contributed by atoms with E-state index in [4.69, 9.17) is 0 Å². The predicted molar refractivity (Wildman–Crippen MR) is 75.0 cm³/mol. The molecule has 19 heavy (non-hydrogen) atoms. The number of nitrogens with zero attached hydrogens (tertiary/aromatic N) is 1. The van der Waals surface area contributed by atoms with Crippen molar-refractivity contribution in [2.24, 2.45) is 0 Å². The minimum atomic E-state index is -0.373. The van der Waals surface area contributed by atoms with E-state index in [9.17, 15) is 15.2 Å². The Kier molecular flexibility index (Phi) is 6.45. The van der Waals surface area contributed by atoms with Crippen LogP contribution in [0.3, 0.4) is 0 Å². The number of aliphatic hydroxyl groups is 1. The van der Waals surface area contributed by atoms with E-state index in [0.717, 1.165) is 18.4 Å². The van der Waals surface area contributed by atoms with Gasteiger partial charge in [0.25, 0.3) is 5.69 Å². The standard InChI is InChI=1S/C14H22N2O3/c1-3-5-14(15-9-8-11(2)17)12-6-4-7-13(10-12)16(18)19/h4,6-7,10-11,14-15,17H,3,5,8-9H2,1-2H3. The van der Waals surface area contributed by atoms with E-state index in [-0.39, 0.29) is 22.8 Å². The molecule has 0 aliphatic heterocycles. The lowest BCUT2D eigenvalue weighted by atomic mass is 10.0. The summed E-state index contributed by atoms with van der Waals surface area (Å²) >= 11 is 0. The van der Waals surface area contributed by atoms with Gasteiger partial charge in [-0.2, -0.15) is 0 Å². The van der Waals surface area contributed by atoms with Gasteiger partial charge in [-0.3, -0.25) is 10.1 Å². The van der Waals surface area contributed by atoms with E-state index < -0.39 is 0 Å². The van der Waals surface area contributed by atoms with Gasteiger partial charge in [0.1, 0.15) is 0 Å². The number of hydrogen-bond donors (Lipinski definition) is 2. The van der Waals surface area contributed by atoms with E-state index in [1.165, 1.54) is 6.07 Å². The van der Waals surface area contributed by atoms with Gasteiger partial charge in [0.15, 0.2) is 0 Å². The smallest absolute Gasteiger partial charge is 0.269 e. The molecule has 106 valence electrons. The van der Waals surface area contributed by atoms with Crippen molar-refractivity contribution in [1.29, 1.82) is 0 Å². The second-order valence-electron chi connectivity index (χ2n) is 4.79. The molecule has 0 amide bonds. The highest BCUT2D eigenvalue weighted by atomic mass is 16.6. The highest BCUT2D eigenvalue weighted by Gasteiger charge is 2.13. The molecule has 1 rings (SSSR count). The molecule has 1 aromatic rings. The van der Waals surface area contributed by atoms with Crippen molar-refractivity contribution in [3.8, 4) is 0 Å². The maximum absolute atomic E-state index is 10.8. The Hall–Kier alpha value is -1.46. The molecule has 1 aromatic carbocycles. The molecule has 0 saturated carbocycles. The predicted octanol–water partition coefficient (Wildman–Crippen LogP) is 2.80. The summed E-state index contributed by atoms with van der Waals surface area (Å²) in [6.45, 7) is 4.54. The minimum Gasteiger partial charge on any atom is -0.393 e. The summed E-state index contributed by atoms with van der Waals surface area (Å²) in [6.07, 6.45) is 2.26. The second-order valence-corrected chi connectivity index (χ2v) is 4.79. The fourth-order valence-electron chi connectivity index (χ4n) is 2.00. The maximum atomic E-state index is 10.8. The molecule has 0 saturated heterocycles. The van der Waals surface area contributed by atoms with Crippen molar-refractivity contribution in [3.63, 3.8) is 0 Å². The highest BCUT2D eigenvalue weighted by Crippen LogP contribution is 2.22. The van der Waals surface area contributed by atoms with Gasteiger partial charge in [-0.05, 0) is 31.9 Å². The van der Waals surface area contributed by atoms with Crippen LogP contribution in [0.15, 0.2) is 24.3 Å². The molecule has 0 spiro atoms. The zero-order chi connectivity index (χ0) is 14.3.